The zero-order valence-corrected chi connectivity index (χ0v) is 13.4. The zero-order valence-electron chi connectivity index (χ0n) is 12.6. The lowest BCUT2D eigenvalue weighted by Crippen LogP contribution is -2.30. The number of halogens is 1. The van der Waals surface area contributed by atoms with Crippen LogP contribution in [0, 0.1) is 16.0 Å². The maximum atomic E-state index is 12.3. The molecule has 116 valence electrons. The maximum absolute atomic E-state index is 12.3. The monoisotopic (exact) mass is 313 g/mol. The molecule has 6 nitrogen and oxygen atoms in total. The summed E-state index contributed by atoms with van der Waals surface area (Å²) in [5.41, 5.74) is 0.273. The predicted molar refractivity (Wildman–Crippen MR) is 84.1 cm³/mol. The Bertz CT molecular complexity index is 547. The summed E-state index contributed by atoms with van der Waals surface area (Å²) in [4.78, 5) is 24.4. The number of hydrogen-bond acceptors (Lipinski definition) is 4. The van der Waals surface area contributed by atoms with E-state index >= 15 is 0 Å². The Morgan fingerprint density at radius 1 is 1.48 bits per heavy atom. The van der Waals surface area contributed by atoms with Crippen LogP contribution in [0.1, 0.15) is 31.1 Å². The van der Waals surface area contributed by atoms with E-state index in [1.807, 2.05) is 20.8 Å². The van der Waals surface area contributed by atoms with Crippen molar-refractivity contribution in [1.82, 2.24) is 4.90 Å². The fourth-order valence-corrected chi connectivity index (χ4v) is 2.34. The molecule has 0 saturated carbocycles. The van der Waals surface area contributed by atoms with Gasteiger partial charge >= 0.3 is 0 Å². The van der Waals surface area contributed by atoms with E-state index in [4.69, 9.17) is 11.6 Å². The summed E-state index contributed by atoms with van der Waals surface area (Å²) >= 11 is 6.07. The number of benzene rings is 1. The van der Waals surface area contributed by atoms with Crippen LogP contribution in [0.15, 0.2) is 12.1 Å². The highest BCUT2D eigenvalue weighted by atomic mass is 35.5. The molecule has 0 aliphatic carbocycles. The summed E-state index contributed by atoms with van der Waals surface area (Å²) in [6.07, 6.45) is 0. The Kier molecular flexibility index (Phi) is 5.96. The van der Waals surface area contributed by atoms with Crippen molar-refractivity contribution in [2.45, 2.75) is 20.8 Å². The molecule has 1 aromatic rings. The van der Waals surface area contributed by atoms with Crippen molar-refractivity contribution < 1.29 is 9.72 Å². The lowest BCUT2D eigenvalue weighted by molar-refractivity contribution is -0.384. The minimum atomic E-state index is -0.539. The maximum Gasteiger partial charge on any atom is 0.294 e. The number of nitro groups is 1. The van der Waals surface area contributed by atoms with Gasteiger partial charge in [0, 0.05) is 31.8 Å². The molecule has 7 heteroatoms. The Hall–Kier alpha value is -1.82. The molecule has 1 N–H and O–H groups in total. The van der Waals surface area contributed by atoms with Gasteiger partial charge in [-0.1, -0.05) is 25.4 Å². The van der Waals surface area contributed by atoms with Crippen molar-refractivity contribution in [2.24, 2.45) is 5.92 Å². The SMILES string of the molecule is CCNc1c(Cl)cc(C(=O)N(C)CC(C)C)cc1[N+](=O)[O-]. The molecule has 0 heterocycles. The van der Waals surface area contributed by atoms with Crippen molar-refractivity contribution in [1.29, 1.82) is 0 Å². The second-order valence-corrected chi connectivity index (χ2v) is 5.63. The largest absolute Gasteiger partial charge is 0.379 e. The number of carbonyl (C=O) groups is 1. The molecule has 0 aliphatic rings. The van der Waals surface area contributed by atoms with E-state index in [9.17, 15) is 14.9 Å². The van der Waals surface area contributed by atoms with Crippen LogP contribution in [-0.2, 0) is 0 Å². The van der Waals surface area contributed by atoms with Crippen LogP contribution in [0.4, 0.5) is 11.4 Å². The minimum absolute atomic E-state index is 0.173. The van der Waals surface area contributed by atoms with Crippen molar-refractivity contribution >= 4 is 28.9 Å². The number of anilines is 1. The molecule has 1 aromatic carbocycles. The van der Waals surface area contributed by atoms with Gasteiger partial charge in [0.2, 0.25) is 0 Å². The van der Waals surface area contributed by atoms with Gasteiger partial charge in [0.25, 0.3) is 11.6 Å². The fourth-order valence-electron chi connectivity index (χ4n) is 2.06. The summed E-state index contributed by atoms with van der Waals surface area (Å²) in [7, 11) is 1.67. The van der Waals surface area contributed by atoms with E-state index in [0.29, 0.717) is 19.0 Å². The molecule has 0 spiro atoms. The summed E-state index contributed by atoms with van der Waals surface area (Å²) in [6, 6.07) is 2.73. The van der Waals surface area contributed by atoms with Gasteiger partial charge < -0.3 is 10.2 Å². The first-order valence-electron chi connectivity index (χ1n) is 6.75. The molecule has 0 unspecified atom stereocenters. The molecule has 0 radical (unpaired) electrons. The van der Waals surface area contributed by atoms with Gasteiger partial charge in [-0.15, -0.1) is 0 Å². The van der Waals surface area contributed by atoms with Crippen molar-refractivity contribution in [2.75, 3.05) is 25.5 Å². The molecule has 1 rings (SSSR count). The van der Waals surface area contributed by atoms with Crippen LogP contribution in [0.2, 0.25) is 5.02 Å². The molecule has 1 amide bonds. The van der Waals surface area contributed by atoms with Gasteiger partial charge in [-0.3, -0.25) is 14.9 Å². The molecular weight excluding hydrogens is 294 g/mol. The van der Waals surface area contributed by atoms with E-state index in [1.165, 1.54) is 17.0 Å². The van der Waals surface area contributed by atoms with Crippen LogP contribution in [0.25, 0.3) is 0 Å². The molecule has 0 aliphatic heterocycles. The summed E-state index contributed by atoms with van der Waals surface area (Å²) in [6.45, 7) is 6.87. The number of amides is 1. The van der Waals surface area contributed by atoms with E-state index < -0.39 is 4.92 Å². The van der Waals surface area contributed by atoms with Crippen molar-refractivity contribution in [3.05, 3.63) is 32.8 Å². The number of nitrogens with zero attached hydrogens (tertiary/aromatic N) is 2. The van der Waals surface area contributed by atoms with Crippen LogP contribution < -0.4 is 5.32 Å². The normalized spacial score (nSPS) is 10.6. The number of nitro benzene ring substituents is 1. The number of carbonyl (C=O) groups excluding carboxylic acids is 1. The lowest BCUT2D eigenvalue weighted by atomic mass is 10.1. The predicted octanol–water partition coefficient (Wildman–Crippen LogP) is 3.41. The number of rotatable bonds is 6. The van der Waals surface area contributed by atoms with Gasteiger partial charge in [0.05, 0.1) is 9.95 Å². The molecule has 0 saturated heterocycles. The first-order valence-corrected chi connectivity index (χ1v) is 7.13. The third-order valence-electron chi connectivity index (χ3n) is 2.85. The molecule has 0 atom stereocenters. The lowest BCUT2D eigenvalue weighted by Gasteiger charge is -2.20. The second-order valence-electron chi connectivity index (χ2n) is 5.22. The van der Waals surface area contributed by atoms with E-state index in [1.54, 1.807) is 7.05 Å². The number of nitrogens with one attached hydrogen (secondary N) is 1. The fraction of sp³-hybridized carbons (Fsp3) is 0.500. The highest BCUT2D eigenvalue weighted by molar-refractivity contribution is 6.34. The van der Waals surface area contributed by atoms with E-state index in [2.05, 4.69) is 5.32 Å². The second kappa shape index (κ2) is 7.26. The van der Waals surface area contributed by atoms with Gasteiger partial charge in [-0.25, -0.2) is 0 Å². The highest BCUT2D eigenvalue weighted by Gasteiger charge is 2.22. The smallest absolute Gasteiger partial charge is 0.294 e. The standard InChI is InChI=1S/C14H20ClN3O3/c1-5-16-13-11(15)6-10(7-12(13)18(20)21)14(19)17(4)8-9(2)3/h6-7,9,16H,5,8H2,1-4H3. The minimum Gasteiger partial charge on any atom is -0.379 e. The van der Waals surface area contributed by atoms with E-state index in [-0.39, 0.29) is 27.9 Å². The van der Waals surface area contributed by atoms with Gasteiger partial charge in [0.15, 0.2) is 0 Å². The Balaban J connectivity index is 3.21. The van der Waals surface area contributed by atoms with E-state index in [0.717, 1.165) is 0 Å². The van der Waals surface area contributed by atoms with Crippen LogP contribution in [0.3, 0.4) is 0 Å². The van der Waals surface area contributed by atoms with Crippen molar-refractivity contribution in [3.8, 4) is 0 Å². The quantitative estimate of drug-likeness (QED) is 0.645. The third-order valence-corrected chi connectivity index (χ3v) is 3.15. The van der Waals surface area contributed by atoms with Crippen molar-refractivity contribution in [3.63, 3.8) is 0 Å². The molecular formula is C14H20ClN3O3. The molecule has 0 fully saturated rings. The molecule has 21 heavy (non-hydrogen) atoms. The van der Waals surface area contributed by atoms with Gasteiger partial charge in [0.1, 0.15) is 5.69 Å². The van der Waals surface area contributed by atoms with Crippen LogP contribution in [0.5, 0.6) is 0 Å². The van der Waals surface area contributed by atoms with Crippen LogP contribution >= 0.6 is 11.6 Å². The summed E-state index contributed by atoms with van der Waals surface area (Å²) in [5, 5.41) is 14.2. The van der Waals surface area contributed by atoms with Gasteiger partial charge in [-0.2, -0.15) is 0 Å². The Labute approximate surface area is 129 Å². The third kappa shape index (κ3) is 4.32. The Morgan fingerprint density at radius 3 is 2.57 bits per heavy atom. The number of hydrogen-bond donors (Lipinski definition) is 1. The average Bonchev–Trinajstić information content (AvgIpc) is 2.38. The van der Waals surface area contributed by atoms with Gasteiger partial charge in [-0.05, 0) is 18.9 Å². The zero-order chi connectivity index (χ0) is 16.2. The first-order chi connectivity index (χ1) is 9.77. The summed E-state index contributed by atoms with van der Waals surface area (Å²) < 4.78 is 0. The molecule has 0 bridgehead atoms. The first kappa shape index (κ1) is 17.2. The molecule has 0 aromatic heterocycles. The highest BCUT2D eigenvalue weighted by Crippen LogP contribution is 2.34. The Morgan fingerprint density at radius 2 is 2.10 bits per heavy atom. The van der Waals surface area contributed by atoms with Crippen LogP contribution in [-0.4, -0.2) is 35.9 Å². The summed E-state index contributed by atoms with van der Waals surface area (Å²) in [5.74, 6) is 0.0298. The topological polar surface area (TPSA) is 75.5 Å². The average molecular weight is 314 g/mol.